The minimum Gasteiger partial charge on any atom is -0.307 e. The molecule has 2 unspecified atom stereocenters. The molecule has 1 saturated heterocycles. The van der Waals surface area contributed by atoms with Gasteiger partial charge in [0.1, 0.15) is 0 Å². The van der Waals surface area contributed by atoms with Crippen LogP contribution in [-0.2, 0) is 0 Å². The molecule has 2 fully saturated rings. The minimum absolute atomic E-state index is 0.152. The Kier molecular flexibility index (Phi) is 5.37. The van der Waals surface area contributed by atoms with Crippen LogP contribution in [0, 0.1) is 11.8 Å². The van der Waals surface area contributed by atoms with E-state index in [-0.39, 0.29) is 12.6 Å². The minimum atomic E-state index is -2.23. The highest BCUT2D eigenvalue weighted by atomic mass is 19.3. The molecule has 4 heteroatoms. The summed E-state index contributed by atoms with van der Waals surface area (Å²) in [6, 6.07) is 0.267. The summed E-state index contributed by atoms with van der Waals surface area (Å²) in [7, 11) is 0. The lowest BCUT2D eigenvalue weighted by Crippen LogP contribution is -2.50. The molecule has 0 radical (unpaired) electrons. The van der Waals surface area contributed by atoms with Gasteiger partial charge in [-0.15, -0.1) is 0 Å². The number of hydrogen-bond acceptors (Lipinski definition) is 2. The number of rotatable bonds is 7. The van der Waals surface area contributed by atoms with E-state index in [2.05, 4.69) is 17.1 Å². The molecule has 0 aromatic rings. The van der Waals surface area contributed by atoms with Crippen LogP contribution in [0.1, 0.15) is 39.0 Å². The summed E-state index contributed by atoms with van der Waals surface area (Å²) in [6.07, 6.45) is 4.10. The van der Waals surface area contributed by atoms with E-state index in [0.29, 0.717) is 5.92 Å². The largest absolute Gasteiger partial charge is 0.307 e. The number of halogens is 2. The van der Waals surface area contributed by atoms with E-state index in [9.17, 15) is 8.78 Å². The van der Waals surface area contributed by atoms with Crippen LogP contribution in [0.5, 0.6) is 0 Å². The van der Waals surface area contributed by atoms with Gasteiger partial charge in [-0.1, -0.05) is 19.8 Å². The van der Waals surface area contributed by atoms with Gasteiger partial charge in [0, 0.05) is 19.1 Å². The highest BCUT2D eigenvalue weighted by Gasteiger charge is 2.31. The maximum Gasteiger partial charge on any atom is 0.250 e. The lowest BCUT2D eigenvalue weighted by molar-refractivity contribution is 0.105. The van der Waals surface area contributed by atoms with Gasteiger partial charge >= 0.3 is 0 Å². The second kappa shape index (κ2) is 6.80. The molecule has 0 bridgehead atoms. The van der Waals surface area contributed by atoms with E-state index in [1.54, 1.807) is 0 Å². The summed E-state index contributed by atoms with van der Waals surface area (Å²) in [5, 5.41) is 3.04. The van der Waals surface area contributed by atoms with Crippen molar-refractivity contribution in [3.05, 3.63) is 0 Å². The van der Waals surface area contributed by atoms with E-state index in [1.807, 2.05) is 0 Å². The standard InChI is InChI=1S/C14H26F2N2/c1-2-5-18-9-12(6-11-3-4-11)7-13(10-18)17-8-14(15)16/h11-14,17H,2-10H2,1H3. The van der Waals surface area contributed by atoms with Crippen LogP contribution in [0.4, 0.5) is 8.78 Å². The van der Waals surface area contributed by atoms with Crippen LogP contribution in [0.25, 0.3) is 0 Å². The van der Waals surface area contributed by atoms with Crippen molar-refractivity contribution in [3.63, 3.8) is 0 Å². The van der Waals surface area contributed by atoms with Gasteiger partial charge in [0.05, 0.1) is 6.54 Å². The van der Waals surface area contributed by atoms with Gasteiger partial charge in [-0.3, -0.25) is 0 Å². The zero-order valence-corrected chi connectivity index (χ0v) is 11.4. The highest BCUT2D eigenvalue weighted by molar-refractivity contribution is 4.87. The van der Waals surface area contributed by atoms with Gasteiger partial charge in [-0.05, 0) is 37.6 Å². The van der Waals surface area contributed by atoms with Crippen LogP contribution in [0.3, 0.4) is 0 Å². The second-order valence-corrected chi connectivity index (χ2v) is 6.04. The number of nitrogens with zero attached hydrogens (tertiary/aromatic N) is 1. The molecule has 1 N–H and O–H groups in total. The Bertz CT molecular complexity index is 244. The molecule has 1 aliphatic carbocycles. The van der Waals surface area contributed by atoms with E-state index >= 15 is 0 Å². The Balaban J connectivity index is 1.79. The molecular weight excluding hydrogens is 234 g/mol. The summed E-state index contributed by atoms with van der Waals surface area (Å²) in [4.78, 5) is 2.46. The third kappa shape index (κ3) is 4.81. The van der Waals surface area contributed by atoms with Crippen molar-refractivity contribution in [3.8, 4) is 0 Å². The first-order chi connectivity index (χ1) is 8.67. The molecule has 2 aliphatic rings. The zero-order valence-electron chi connectivity index (χ0n) is 11.4. The van der Waals surface area contributed by atoms with E-state index < -0.39 is 6.43 Å². The van der Waals surface area contributed by atoms with Gasteiger partial charge in [0.15, 0.2) is 0 Å². The first-order valence-corrected chi connectivity index (χ1v) is 7.41. The van der Waals surface area contributed by atoms with Crippen LogP contribution in [-0.4, -0.2) is 43.5 Å². The Hall–Kier alpha value is -0.220. The van der Waals surface area contributed by atoms with Gasteiger partial charge in [0.2, 0.25) is 0 Å². The van der Waals surface area contributed by atoms with Gasteiger partial charge in [0.25, 0.3) is 6.43 Å². The number of likely N-dealkylation sites (tertiary alicyclic amines) is 1. The van der Waals surface area contributed by atoms with Crippen molar-refractivity contribution in [2.45, 2.75) is 51.5 Å². The Morgan fingerprint density at radius 2 is 2.00 bits per heavy atom. The lowest BCUT2D eigenvalue weighted by atomic mass is 9.89. The first-order valence-electron chi connectivity index (χ1n) is 7.41. The number of alkyl halides is 2. The fourth-order valence-electron chi connectivity index (χ4n) is 3.20. The first kappa shape index (κ1) is 14.2. The molecule has 0 amide bonds. The van der Waals surface area contributed by atoms with Gasteiger partial charge in [-0.25, -0.2) is 8.78 Å². The van der Waals surface area contributed by atoms with Crippen LogP contribution < -0.4 is 5.32 Å². The summed E-state index contributed by atoms with van der Waals surface area (Å²) in [6.45, 7) is 5.26. The smallest absolute Gasteiger partial charge is 0.250 e. The SMILES string of the molecule is CCCN1CC(CC2CC2)CC(NCC(F)F)C1. The average molecular weight is 260 g/mol. The third-order valence-corrected chi connectivity index (χ3v) is 4.08. The van der Waals surface area contributed by atoms with Crippen molar-refractivity contribution >= 4 is 0 Å². The molecular formula is C14H26F2N2. The Morgan fingerprint density at radius 3 is 2.61 bits per heavy atom. The third-order valence-electron chi connectivity index (χ3n) is 4.08. The molecule has 106 valence electrons. The summed E-state index contributed by atoms with van der Waals surface area (Å²) in [5.41, 5.74) is 0. The van der Waals surface area contributed by atoms with E-state index in [0.717, 1.165) is 31.8 Å². The quantitative estimate of drug-likeness (QED) is 0.757. The summed E-state index contributed by atoms with van der Waals surface area (Å²) < 4.78 is 24.6. The predicted molar refractivity (Wildman–Crippen MR) is 70.0 cm³/mol. The van der Waals surface area contributed by atoms with Crippen molar-refractivity contribution in [2.75, 3.05) is 26.2 Å². The van der Waals surface area contributed by atoms with E-state index in [1.165, 1.54) is 25.8 Å². The number of hydrogen-bond donors (Lipinski definition) is 1. The van der Waals surface area contributed by atoms with Crippen molar-refractivity contribution in [1.82, 2.24) is 10.2 Å². The van der Waals surface area contributed by atoms with Gasteiger partial charge in [-0.2, -0.15) is 0 Å². The zero-order chi connectivity index (χ0) is 13.0. The maximum atomic E-state index is 12.3. The van der Waals surface area contributed by atoms with Crippen molar-refractivity contribution in [1.29, 1.82) is 0 Å². The van der Waals surface area contributed by atoms with Crippen LogP contribution >= 0.6 is 0 Å². The Labute approximate surface area is 109 Å². The predicted octanol–water partition coefficient (Wildman–Crippen LogP) is 2.74. The van der Waals surface area contributed by atoms with Gasteiger partial charge < -0.3 is 10.2 Å². The molecule has 0 aromatic carbocycles. The number of piperidine rings is 1. The van der Waals surface area contributed by atoms with Crippen LogP contribution in [0.15, 0.2) is 0 Å². The van der Waals surface area contributed by atoms with Crippen molar-refractivity contribution < 1.29 is 8.78 Å². The summed E-state index contributed by atoms with van der Waals surface area (Å²) in [5.74, 6) is 1.65. The molecule has 2 atom stereocenters. The normalized spacial score (nSPS) is 30.0. The van der Waals surface area contributed by atoms with E-state index in [4.69, 9.17) is 0 Å². The molecule has 1 heterocycles. The molecule has 2 nitrogen and oxygen atoms in total. The highest BCUT2D eigenvalue weighted by Crippen LogP contribution is 2.37. The topological polar surface area (TPSA) is 15.3 Å². The molecule has 1 aliphatic heterocycles. The fourth-order valence-corrected chi connectivity index (χ4v) is 3.20. The Morgan fingerprint density at radius 1 is 1.22 bits per heavy atom. The number of nitrogens with one attached hydrogen (secondary N) is 1. The molecule has 18 heavy (non-hydrogen) atoms. The monoisotopic (exact) mass is 260 g/mol. The molecule has 2 rings (SSSR count). The average Bonchev–Trinajstić information content (AvgIpc) is 3.10. The van der Waals surface area contributed by atoms with Crippen LogP contribution in [0.2, 0.25) is 0 Å². The van der Waals surface area contributed by atoms with Crippen molar-refractivity contribution in [2.24, 2.45) is 11.8 Å². The second-order valence-electron chi connectivity index (χ2n) is 6.04. The lowest BCUT2D eigenvalue weighted by Gasteiger charge is -2.38. The molecule has 0 spiro atoms. The molecule has 1 saturated carbocycles. The molecule has 0 aromatic heterocycles. The fraction of sp³-hybridized carbons (Fsp3) is 1.00. The maximum absolute atomic E-state index is 12.3. The summed E-state index contributed by atoms with van der Waals surface area (Å²) >= 11 is 0.